The van der Waals surface area contributed by atoms with E-state index in [9.17, 15) is 0 Å². The molecule has 120 valence electrons. The Morgan fingerprint density at radius 3 is 1.80 bits per heavy atom. The number of rotatable bonds is 3. The van der Waals surface area contributed by atoms with Gasteiger partial charge in [-0.2, -0.15) is 0 Å². The van der Waals surface area contributed by atoms with Crippen molar-refractivity contribution in [3.8, 4) is 0 Å². The number of aliphatic imine (C=N–C) groups is 1. The summed E-state index contributed by atoms with van der Waals surface area (Å²) in [7, 11) is 0. The third-order valence-corrected chi connectivity index (χ3v) is 2.21. The van der Waals surface area contributed by atoms with Crippen LogP contribution in [0.15, 0.2) is 4.99 Å². The van der Waals surface area contributed by atoms with E-state index in [4.69, 9.17) is 26.4 Å². The molecule has 2 aliphatic heterocycles. The first kappa shape index (κ1) is 21.3. The van der Waals surface area contributed by atoms with Gasteiger partial charge in [-0.25, -0.2) is 0 Å². The lowest BCUT2D eigenvalue weighted by molar-refractivity contribution is 0.0366. The Bertz CT molecular complexity index is 240. The molecule has 0 unspecified atom stereocenters. The fourth-order valence-electron chi connectivity index (χ4n) is 0.824. The molecule has 0 aromatic carbocycles. The predicted molar refractivity (Wildman–Crippen MR) is 84.6 cm³/mol. The summed E-state index contributed by atoms with van der Waals surface area (Å²) in [5, 5.41) is 9.20. The SMILES string of the molecule is C1COC1.C1COC1.CCCCN=C(N)NC(=N)N.Cl. The van der Waals surface area contributed by atoms with Crippen LogP contribution in [-0.2, 0) is 9.47 Å². The van der Waals surface area contributed by atoms with Crippen LogP contribution in [-0.4, -0.2) is 44.9 Å². The molecule has 0 aliphatic carbocycles. The fraction of sp³-hybridized carbons (Fsp3) is 0.833. The van der Waals surface area contributed by atoms with E-state index in [0.717, 1.165) is 39.3 Å². The van der Waals surface area contributed by atoms with Gasteiger partial charge in [-0.15, -0.1) is 12.4 Å². The third kappa shape index (κ3) is 16.9. The van der Waals surface area contributed by atoms with Gasteiger partial charge in [-0.05, 0) is 19.3 Å². The maximum absolute atomic E-state index is 6.81. The fourth-order valence-corrected chi connectivity index (χ4v) is 0.824. The van der Waals surface area contributed by atoms with Crippen LogP contribution in [0.1, 0.15) is 32.6 Å². The van der Waals surface area contributed by atoms with Crippen molar-refractivity contribution in [3.63, 3.8) is 0 Å². The Morgan fingerprint density at radius 1 is 1.15 bits per heavy atom. The van der Waals surface area contributed by atoms with Crippen LogP contribution in [0.4, 0.5) is 0 Å². The van der Waals surface area contributed by atoms with E-state index in [-0.39, 0.29) is 24.3 Å². The zero-order valence-corrected chi connectivity index (χ0v) is 13.0. The Balaban J connectivity index is 0. The number of nitrogens with two attached hydrogens (primary N) is 2. The van der Waals surface area contributed by atoms with Crippen molar-refractivity contribution < 1.29 is 9.47 Å². The zero-order valence-electron chi connectivity index (χ0n) is 12.2. The molecule has 2 heterocycles. The Hall–Kier alpha value is -1.05. The van der Waals surface area contributed by atoms with Crippen molar-refractivity contribution in [3.05, 3.63) is 0 Å². The summed E-state index contributed by atoms with van der Waals surface area (Å²) in [5.41, 5.74) is 10.3. The minimum Gasteiger partial charge on any atom is -0.381 e. The monoisotopic (exact) mass is 309 g/mol. The maximum Gasteiger partial charge on any atom is 0.195 e. The number of unbranched alkanes of at least 4 members (excludes halogenated alkanes) is 1. The summed E-state index contributed by atoms with van der Waals surface area (Å²) in [6.45, 7) is 6.76. The molecule has 0 aromatic heterocycles. The van der Waals surface area contributed by atoms with Crippen LogP contribution in [0.3, 0.4) is 0 Å². The molecule has 8 heteroatoms. The second kappa shape index (κ2) is 16.0. The minimum absolute atomic E-state index is 0. The molecule has 20 heavy (non-hydrogen) atoms. The number of guanidine groups is 2. The van der Waals surface area contributed by atoms with Gasteiger partial charge in [0.15, 0.2) is 11.9 Å². The molecular weight excluding hydrogens is 282 g/mol. The normalized spacial score (nSPS) is 15.8. The summed E-state index contributed by atoms with van der Waals surface area (Å²) in [6.07, 6.45) is 4.64. The van der Waals surface area contributed by atoms with Gasteiger partial charge in [-0.3, -0.25) is 15.7 Å². The Labute approximate surface area is 127 Å². The molecule has 0 aromatic rings. The Kier molecular flexibility index (Phi) is 17.0. The van der Waals surface area contributed by atoms with Gasteiger partial charge in [0.25, 0.3) is 0 Å². The number of hydrogen-bond donors (Lipinski definition) is 4. The standard InChI is InChI=1S/C6H15N5.2C3H6O.ClH/c1-2-3-4-10-6(9)11-5(7)8;2*1-2-4-3-1;/h2-4H2,1H3,(H6,7,8,9,10,11);2*1-3H2;1H. The number of halogens is 1. The van der Waals surface area contributed by atoms with E-state index >= 15 is 0 Å². The first-order valence-electron chi connectivity index (χ1n) is 6.73. The van der Waals surface area contributed by atoms with E-state index in [1.54, 1.807) is 0 Å². The average molecular weight is 310 g/mol. The van der Waals surface area contributed by atoms with Crippen LogP contribution < -0.4 is 16.8 Å². The predicted octanol–water partition coefficient (Wildman–Crippen LogP) is 0.819. The highest BCUT2D eigenvalue weighted by Gasteiger charge is 1.95. The summed E-state index contributed by atoms with van der Waals surface area (Å²) in [4.78, 5) is 3.92. The van der Waals surface area contributed by atoms with Crippen LogP contribution in [0.5, 0.6) is 0 Å². The number of hydrogen-bond acceptors (Lipinski definition) is 4. The van der Waals surface area contributed by atoms with Crippen molar-refractivity contribution >= 4 is 24.3 Å². The maximum atomic E-state index is 6.81. The molecule has 0 radical (unpaired) electrons. The lowest BCUT2D eigenvalue weighted by atomic mass is 10.3. The summed E-state index contributed by atoms with van der Waals surface area (Å²) >= 11 is 0. The molecule has 0 spiro atoms. The van der Waals surface area contributed by atoms with Gasteiger partial charge >= 0.3 is 0 Å². The van der Waals surface area contributed by atoms with Crippen LogP contribution in [0.25, 0.3) is 0 Å². The van der Waals surface area contributed by atoms with Crippen molar-refractivity contribution in [1.29, 1.82) is 5.41 Å². The summed E-state index contributed by atoms with van der Waals surface area (Å²) < 4.78 is 9.44. The molecule has 2 fully saturated rings. The quantitative estimate of drug-likeness (QED) is 0.349. The third-order valence-electron chi connectivity index (χ3n) is 2.21. The topological polar surface area (TPSA) is 119 Å². The molecule has 2 aliphatic rings. The molecule has 7 nitrogen and oxygen atoms in total. The van der Waals surface area contributed by atoms with Gasteiger partial charge in [0.1, 0.15) is 0 Å². The van der Waals surface area contributed by atoms with Gasteiger partial charge < -0.3 is 20.9 Å². The molecule has 0 saturated carbocycles. The minimum atomic E-state index is -0.178. The molecule has 0 atom stereocenters. The second-order valence-corrected chi connectivity index (χ2v) is 4.09. The molecule has 2 saturated heterocycles. The van der Waals surface area contributed by atoms with Crippen molar-refractivity contribution in [1.82, 2.24) is 5.32 Å². The van der Waals surface area contributed by atoms with Crippen molar-refractivity contribution in [2.75, 3.05) is 33.0 Å². The smallest absolute Gasteiger partial charge is 0.195 e. The molecule has 2 rings (SSSR count). The highest BCUT2D eigenvalue weighted by molar-refractivity contribution is 5.95. The van der Waals surface area contributed by atoms with E-state index in [1.807, 2.05) is 0 Å². The van der Waals surface area contributed by atoms with E-state index < -0.39 is 0 Å². The molecule has 0 amide bonds. The summed E-state index contributed by atoms with van der Waals surface area (Å²) in [6, 6.07) is 0. The number of ether oxygens (including phenoxy) is 2. The van der Waals surface area contributed by atoms with Gasteiger partial charge in [0.2, 0.25) is 0 Å². The van der Waals surface area contributed by atoms with Gasteiger partial charge in [0.05, 0.1) is 0 Å². The highest BCUT2D eigenvalue weighted by atomic mass is 35.5. The van der Waals surface area contributed by atoms with Crippen LogP contribution in [0.2, 0.25) is 0 Å². The van der Waals surface area contributed by atoms with Crippen LogP contribution in [0, 0.1) is 5.41 Å². The largest absolute Gasteiger partial charge is 0.381 e. The molecule has 6 N–H and O–H groups in total. The lowest BCUT2D eigenvalue weighted by Gasteiger charge is -2.09. The van der Waals surface area contributed by atoms with Gasteiger partial charge in [0, 0.05) is 33.0 Å². The van der Waals surface area contributed by atoms with E-state index in [2.05, 4.69) is 17.2 Å². The van der Waals surface area contributed by atoms with Gasteiger partial charge in [-0.1, -0.05) is 13.3 Å². The Morgan fingerprint density at radius 2 is 1.55 bits per heavy atom. The summed E-state index contributed by atoms with van der Waals surface area (Å²) in [5.74, 6) is 0.0358. The first-order valence-corrected chi connectivity index (χ1v) is 6.73. The number of nitrogens with zero attached hydrogens (tertiary/aromatic N) is 1. The molecular formula is C12H28ClN5O2. The van der Waals surface area contributed by atoms with E-state index in [0.29, 0.717) is 6.54 Å². The number of nitrogens with one attached hydrogen (secondary N) is 2. The molecule has 0 bridgehead atoms. The van der Waals surface area contributed by atoms with E-state index in [1.165, 1.54) is 12.8 Å². The lowest BCUT2D eigenvalue weighted by Crippen LogP contribution is -2.40. The van der Waals surface area contributed by atoms with Crippen molar-refractivity contribution in [2.24, 2.45) is 16.5 Å². The zero-order chi connectivity index (χ0) is 14.3. The second-order valence-electron chi connectivity index (χ2n) is 4.09. The highest BCUT2D eigenvalue weighted by Crippen LogP contribution is 1.93. The van der Waals surface area contributed by atoms with Crippen LogP contribution >= 0.6 is 12.4 Å². The first-order chi connectivity index (χ1) is 9.16. The van der Waals surface area contributed by atoms with Crippen molar-refractivity contribution in [2.45, 2.75) is 32.6 Å². The average Bonchev–Trinajstić information content (AvgIpc) is 2.10.